The fourth-order valence-corrected chi connectivity index (χ4v) is 4.27. The summed E-state index contributed by atoms with van der Waals surface area (Å²) in [4.78, 5) is 25.4. The lowest BCUT2D eigenvalue weighted by molar-refractivity contribution is -0.113. The lowest BCUT2D eigenvalue weighted by Gasteiger charge is -2.40. The minimum Gasteiger partial charge on any atom is -0.366 e. The molecule has 0 radical (unpaired) electrons. The molecule has 1 heterocycles. The molecule has 0 aromatic heterocycles. The highest BCUT2D eigenvalue weighted by atomic mass is 32.2. The second-order valence-corrected chi connectivity index (χ2v) is 7.69. The number of thioether (sulfide) groups is 1. The van der Waals surface area contributed by atoms with Crippen LogP contribution in [0.4, 0.5) is 5.69 Å². The molecule has 0 spiro atoms. The van der Waals surface area contributed by atoms with Crippen LogP contribution in [0.15, 0.2) is 24.3 Å². The van der Waals surface area contributed by atoms with Crippen molar-refractivity contribution in [2.75, 3.05) is 11.1 Å². The van der Waals surface area contributed by atoms with E-state index in [4.69, 9.17) is 18.0 Å². The Morgan fingerprint density at radius 3 is 2.38 bits per heavy atom. The molecule has 1 fully saturated rings. The van der Waals surface area contributed by atoms with Crippen LogP contribution in [-0.2, 0) is 4.79 Å². The van der Waals surface area contributed by atoms with Crippen LogP contribution in [0.5, 0.6) is 0 Å². The number of benzene rings is 1. The Morgan fingerprint density at radius 1 is 1.25 bits per heavy atom. The summed E-state index contributed by atoms with van der Waals surface area (Å²) in [6.07, 6.45) is 3.51. The van der Waals surface area contributed by atoms with E-state index in [-0.39, 0.29) is 11.7 Å². The summed E-state index contributed by atoms with van der Waals surface area (Å²) in [7, 11) is 0. The van der Waals surface area contributed by atoms with Gasteiger partial charge in [0.25, 0.3) is 0 Å². The summed E-state index contributed by atoms with van der Waals surface area (Å²) in [5, 5.41) is 2.80. The van der Waals surface area contributed by atoms with E-state index in [0.717, 1.165) is 17.2 Å². The highest BCUT2D eigenvalue weighted by molar-refractivity contribution is 8.23. The number of nitrogens with zero attached hydrogens (tertiary/aromatic N) is 1. The van der Waals surface area contributed by atoms with Gasteiger partial charge in [-0.2, -0.15) is 0 Å². The molecule has 1 aliphatic rings. The monoisotopic (exact) mass is 365 g/mol. The van der Waals surface area contributed by atoms with E-state index in [1.807, 2.05) is 0 Å². The third kappa shape index (κ3) is 4.95. The van der Waals surface area contributed by atoms with Gasteiger partial charge in [-0.15, -0.1) is 0 Å². The first-order valence-electron chi connectivity index (χ1n) is 8.03. The molecule has 1 aromatic carbocycles. The third-order valence-corrected chi connectivity index (χ3v) is 5.61. The Bertz CT molecular complexity index is 609. The average Bonchev–Trinajstić information content (AvgIpc) is 2.53. The predicted octanol–water partition coefficient (Wildman–Crippen LogP) is 3.01. The molecule has 0 bridgehead atoms. The molecule has 3 N–H and O–H groups in total. The molecule has 7 heteroatoms. The largest absolute Gasteiger partial charge is 0.366 e. The van der Waals surface area contributed by atoms with Crippen molar-refractivity contribution in [3.05, 3.63) is 29.8 Å². The Balaban J connectivity index is 1.84. The summed E-state index contributed by atoms with van der Waals surface area (Å²) < 4.78 is 0.786. The number of rotatable bonds is 4. The normalized spacial score (nSPS) is 20.5. The van der Waals surface area contributed by atoms with Crippen molar-refractivity contribution in [2.45, 2.75) is 45.2 Å². The number of amides is 2. The molecule has 2 atom stereocenters. The average molecular weight is 366 g/mol. The maximum absolute atomic E-state index is 12.1. The number of carbonyl (C=O) groups excluding carboxylic acids is 2. The van der Waals surface area contributed by atoms with Gasteiger partial charge in [-0.25, -0.2) is 0 Å². The van der Waals surface area contributed by atoms with Gasteiger partial charge in [-0.3, -0.25) is 9.59 Å². The molecule has 0 aliphatic carbocycles. The number of nitrogens with two attached hydrogens (primary N) is 1. The van der Waals surface area contributed by atoms with Crippen LogP contribution in [0.3, 0.4) is 0 Å². The zero-order valence-electron chi connectivity index (χ0n) is 14.0. The fraction of sp³-hybridized carbons (Fsp3) is 0.471. The van der Waals surface area contributed by atoms with E-state index in [1.54, 1.807) is 24.3 Å². The quantitative estimate of drug-likeness (QED) is 0.802. The standard InChI is InChI=1S/C17H23N3O2S2/c1-11-4-3-5-12(2)20(11)17(23)24-10-15(21)19-14-8-6-13(7-9-14)16(18)22/h6-9,11-12H,3-5,10H2,1-2H3,(H2,18,22)(H,19,21)/t11-,12+. The molecule has 2 amide bonds. The topological polar surface area (TPSA) is 75.4 Å². The zero-order chi connectivity index (χ0) is 17.7. The van der Waals surface area contributed by atoms with Crippen LogP contribution >= 0.6 is 24.0 Å². The van der Waals surface area contributed by atoms with Gasteiger partial charge in [-0.05, 0) is 57.4 Å². The maximum Gasteiger partial charge on any atom is 0.248 e. The maximum atomic E-state index is 12.1. The molecular weight excluding hydrogens is 342 g/mol. The number of carbonyl (C=O) groups is 2. The van der Waals surface area contributed by atoms with Gasteiger partial charge in [0, 0.05) is 23.3 Å². The fourth-order valence-electron chi connectivity index (χ4n) is 2.90. The van der Waals surface area contributed by atoms with Crippen molar-refractivity contribution in [1.82, 2.24) is 4.90 Å². The highest BCUT2D eigenvalue weighted by Crippen LogP contribution is 2.26. The van der Waals surface area contributed by atoms with Gasteiger partial charge in [0.1, 0.15) is 4.32 Å². The van der Waals surface area contributed by atoms with Crippen LogP contribution in [0.1, 0.15) is 43.5 Å². The van der Waals surface area contributed by atoms with Gasteiger partial charge in [-0.1, -0.05) is 24.0 Å². The molecule has 1 aromatic rings. The second-order valence-electron chi connectivity index (χ2n) is 6.08. The number of piperidine rings is 1. The van der Waals surface area contributed by atoms with Crippen molar-refractivity contribution in [2.24, 2.45) is 5.73 Å². The number of hydrogen-bond acceptors (Lipinski definition) is 4. The van der Waals surface area contributed by atoms with Crippen LogP contribution in [0, 0.1) is 0 Å². The summed E-state index contributed by atoms with van der Waals surface area (Å²) in [5.74, 6) is -0.336. The zero-order valence-corrected chi connectivity index (χ0v) is 15.6. The number of thiocarbonyl (C=S) groups is 1. The van der Waals surface area contributed by atoms with Gasteiger partial charge in [0.15, 0.2) is 0 Å². The van der Waals surface area contributed by atoms with Crippen LogP contribution in [0.2, 0.25) is 0 Å². The van der Waals surface area contributed by atoms with Crippen LogP contribution < -0.4 is 11.1 Å². The molecule has 1 saturated heterocycles. The van der Waals surface area contributed by atoms with E-state index in [2.05, 4.69) is 24.1 Å². The van der Waals surface area contributed by atoms with Gasteiger partial charge in [0.2, 0.25) is 11.8 Å². The Hall–Kier alpha value is -1.60. The number of primary amides is 1. The molecule has 2 rings (SSSR count). The number of hydrogen-bond donors (Lipinski definition) is 2. The van der Waals surface area contributed by atoms with Crippen molar-refractivity contribution in [1.29, 1.82) is 0 Å². The second kappa shape index (κ2) is 8.48. The van der Waals surface area contributed by atoms with E-state index in [9.17, 15) is 9.59 Å². The van der Waals surface area contributed by atoms with Gasteiger partial charge in [0.05, 0.1) is 5.75 Å². The van der Waals surface area contributed by atoms with Crippen molar-refractivity contribution < 1.29 is 9.59 Å². The Morgan fingerprint density at radius 2 is 1.83 bits per heavy atom. The summed E-state index contributed by atoms with van der Waals surface area (Å²) in [5.41, 5.74) is 6.24. The molecule has 130 valence electrons. The summed E-state index contributed by atoms with van der Waals surface area (Å²) in [6, 6.07) is 7.36. The van der Waals surface area contributed by atoms with Crippen molar-refractivity contribution in [3.63, 3.8) is 0 Å². The molecule has 5 nitrogen and oxygen atoms in total. The number of anilines is 1. The summed E-state index contributed by atoms with van der Waals surface area (Å²) >= 11 is 6.91. The SMILES string of the molecule is C[C@@H]1CCC[C@H](C)N1C(=S)SCC(=O)Nc1ccc(C(N)=O)cc1. The van der Waals surface area contributed by atoms with Gasteiger partial charge < -0.3 is 16.0 Å². The van der Waals surface area contributed by atoms with Crippen molar-refractivity contribution >= 4 is 45.8 Å². The van der Waals surface area contributed by atoms with Crippen LogP contribution in [-0.4, -0.2) is 38.9 Å². The molecular formula is C17H23N3O2S2. The van der Waals surface area contributed by atoms with Gasteiger partial charge >= 0.3 is 0 Å². The molecule has 0 unspecified atom stereocenters. The minimum atomic E-state index is -0.487. The summed E-state index contributed by atoms with van der Waals surface area (Å²) in [6.45, 7) is 4.37. The van der Waals surface area contributed by atoms with E-state index in [1.165, 1.54) is 18.2 Å². The minimum absolute atomic E-state index is 0.119. The Labute approximate surface area is 152 Å². The molecule has 24 heavy (non-hydrogen) atoms. The molecule has 1 aliphatic heterocycles. The smallest absolute Gasteiger partial charge is 0.248 e. The van der Waals surface area contributed by atoms with E-state index < -0.39 is 5.91 Å². The third-order valence-electron chi connectivity index (χ3n) is 4.18. The molecule has 0 saturated carbocycles. The van der Waals surface area contributed by atoms with Crippen LogP contribution in [0.25, 0.3) is 0 Å². The lowest BCUT2D eigenvalue weighted by Crippen LogP contribution is -2.45. The van der Waals surface area contributed by atoms with E-state index in [0.29, 0.717) is 23.3 Å². The lowest BCUT2D eigenvalue weighted by atomic mass is 9.99. The predicted molar refractivity (Wildman–Crippen MR) is 103 cm³/mol. The van der Waals surface area contributed by atoms with Crippen molar-refractivity contribution in [3.8, 4) is 0 Å². The first kappa shape index (κ1) is 18.7. The first-order chi connectivity index (χ1) is 11.4. The van der Waals surface area contributed by atoms with E-state index >= 15 is 0 Å². The number of likely N-dealkylation sites (tertiary alicyclic amines) is 1. The highest BCUT2D eigenvalue weighted by Gasteiger charge is 2.27. The first-order valence-corrected chi connectivity index (χ1v) is 9.42. The Kier molecular flexibility index (Phi) is 6.62. The number of nitrogens with one attached hydrogen (secondary N) is 1.